The number of benzene rings is 2. The van der Waals surface area contributed by atoms with Gasteiger partial charge in [0.25, 0.3) is 5.56 Å². The highest BCUT2D eigenvalue weighted by Crippen LogP contribution is 2.32. The molecule has 0 saturated carbocycles. The summed E-state index contributed by atoms with van der Waals surface area (Å²) in [6.45, 7) is 2.03. The third-order valence-electron chi connectivity index (χ3n) is 4.77. The first kappa shape index (κ1) is 20.8. The number of anilines is 1. The Morgan fingerprint density at radius 1 is 1.23 bits per heavy atom. The van der Waals surface area contributed by atoms with Gasteiger partial charge in [-0.05, 0) is 24.6 Å². The lowest BCUT2D eigenvalue weighted by Gasteiger charge is -2.09. The Kier molecular flexibility index (Phi) is 5.89. The minimum atomic E-state index is -0.272. The molecule has 0 spiro atoms. The summed E-state index contributed by atoms with van der Waals surface area (Å²) in [7, 11) is 1.66. The zero-order valence-electron chi connectivity index (χ0n) is 16.9. The largest absolute Gasteiger partial charge is 0.324 e. The van der Waals surface area contributed by atoms with Crippen molar-refractivity contribution >= 4 is 44.9 Å². The van der Waals surface area contributed by atoms with E-state index < -0.39 is 0 Å². The first-order valence-corrected chi connectivity index (χ1v) is 11.3. The number of nitrogens with zero attached hydrogens (tertiary/aromatic N) is 3. The predicted octanol–water partition coefficient (Wildman–Crippen LogP) is 4.57. The molecule has 0 bridgehead atoms. The molecule has 0 aliphatic heterocycles. The minimum absolute atomic E-state index is 0.0650. The van der Waals surface area contributed by atoms with Crippen LogP contribution in [0.25, 0.3) is 21.3 Å². The van der Waals surface area contributed by atoms with Gasteiger partial charge in [-0.3, -0.25) is 14.2 Å². The molecule has 6 nitrogen and oxygen atoms in total. The molecule has 154 valence electrons. The van der Waals surface area contributed by atoms with Gasteiger partial charge in [0.05, 0.1) is 22.5 Å². The standard InChI is InChI=1S/C23H18N4O2S2/c1-14-7-9-15(10-8-14)17-12-30-21-20(17)26-23(27(2)22(21)29)31-13-19(28)25-18-6-4-3-5-16(18)11-24/h3-10,12H,13H2,1-2H3,(H,25,28). The van der Waals surface area contributed by atoms with Crippen LogP contribution in [-0.2, 0) is 11.8 Å². The number of thioether (sulfide) groups is 1. The number of hydrogen-bond donors (Lipinski definition) is 1. The van der Waals surface area contributed by atoms with Crippen LogP contribution in [0.15, 0.2) is 63.9 Å². The summed E-state index contributed by atoms with van der Waals surface area (Å²) in [5, 5.41) is 14.3. The molecule has 2 aromatic carbocycles. The van der Waals surface area contributed by atoms with E-state index in [0.29, 0.717) is 26.6 Å². The van der Waals surface area contributed by atoms with Gasteiger partial charge in [-0.2, -0.15) is 5.26 Å². The number of aryl methyl sites for hydroxylation is 1. The summed E-state index contributed by atoms with van der Waals surface area (Å²) in [5.74, 6) is -0.207. The maximum Gasteiger partial charge on any atom is 0.271 e. The zero-order valence-corrected chi connectivity index (χ0v) is 18.5. The lowest BCUT2D eigenvalue weighted by Crippen LogP contribution is -2.21. The molecule has 0 unspecified atom stereocenters. The van der Waals surface area contributed by atoms with Crippen LogP contribution >= 0.6 is 23.1 Å². The summed E-state index contributed by atoms with van der Waals surface area (Å²) >= 11 is 2.57. The van der Waals surface area contributed by atoms with E-state index in [1.165, 1.54) is 27.7 Å². The van der Waals surface area contributed by atoms with Crippen molar-refractivity contribution in [3.63, 3.8) is 0 Å². The number of nitrogens with one attached hydrogen (secondary N) is 1. The number of nitriles is 1. The molecule has 0 aliphatic carbocycles. The third-order valence-corrected chi connectivity index (χ3v) is 6.76. The highest BCUT2D eigenvalue weighted by molar-refractivity contribution is 7.99. The fourth-order valence-corrected chi connectivity index (χ4v) is 4.85. The lowest BCUT2D eigenvalue weighted by atomic mass is 10.1. The van der Waals surface area contributed by atoms with E-state index in [1.807, 2.05) is 36.6 Å². The van der Waals surface area contributed by atoms with Crippen molar-refractivity contribution in [3.8, 4) is 17.2 Å². The molecule has 0 saturated heterocycles. The van der Waals surface area contributed by atoms with Crippen LogP contribution in [0.3, 0.4) is 0 Å². The van der Waals surface area contributed by atoms with Gasteiger partial charge >= 0.3 is 0 Å². The number of rotatable bonds is 5. The second-order valence-corrected chi connectivity index (χ2v) is 8.77. The maximum atomic E-state index is 12.9. The van der Waals surface area contributed by atoms with E-state index in [0.717, 1.165) is 16.7 Å². The Hall–Kier alpha value is -3.41. The van der Waals surface area contributed by atoms with Crippen molar-refractivity contribution in [2.45, 2.75) is 12.1 Å². The average Bonchev–Trinajstić information content (AvgIpc) is 3.20. The van der Waals surface area contributed by atoms with E-state index in [1.54, 1.807) is 31.3 Å². The molecule has 0 fully saturated rings. The van der Waals surface area contributed by atoms with Gasteiger partial charge in [0.1, 0.15) is 10.8 Å². The van der Waals surface area contributed by atoms with Gasteiger partial charge in [0, 0.05) is 18.0 Å². The van der Waals surface area contributed by atoms with E-state index in [-0.39, 0.29) is 17.2 Å². The van der Waals surface area contributed by atoms with Crippen LogP contribution in [0.1, 0.15) is 11.1 Å². The van der Waals surface area contributed by atoms with Crippen molar-refractivity contribution in [1.82, 2.24) is 9.55 Å². The van der Waals surface area contributed by atoms with E-state index >= 15 is 0 Å². The van der Waals surface area contributed by atoms with E-state index in [2.05, 4.69) is 11.4 Å². The number of fused-ring (bicyclic) bond motifs is 1. The average molecular weight is 447 g/mol. The fraction of sp³-hybridized carbons (Fsp3) is 0.130. The van der Waals surface area contributed by atoms with Gasteiger partial charge in [-0.1, -0.05) is 53.7 Å². The number of para-hydroxylation sites is 1. The molecule has 1 N–H and O–H groups in total. The first-order chi connectivity index (χ1) is 15.0. The van der Waals surface area contributed by atoms with Crippen LogP contribution in [0.2, 0.25) is 0 Å². The Labute approximate surface area is 187 Å². The highest BCUT2D eigenvalue weighted by Gasteiger charge is 2.16. The van der Waals surface area contributed by atoms with Crippen LogP contribution < -0.4 is 10.9 Å². The molecule has 4 aromatic rings. The second-order valence-electron chi connectivity index (χ2n) is 6.95. The smallest absolute Gasteiger partial charge is 0.271 e. The molecule has 2 aromatic heterocycles. The number of hydrogen-bond acceptors (Lipinski definition) is 6. The molecule has 8 heteroatoms. The van der Waals surface area contributed by atoms with E-state index in [4.69, 9.17) is 10.2 Å². The predicted molar refractivity (Wildman–Crippen MR) is 126 cm³/mol. The topological polar surface area (TPSA) is 87.8 Å². The van der Waals surface area contributed by atoms with Crippen molar-refractivity contribution in [3.05, 3.63) is 75.4 Å². The third kappa shape index (κ3) is 4.24. The Balaban J connectivity index is 1.60. The van der Waals surface area contributed by atoms with Crippen LogP contribution in [0.4, 0.5) is 5.69 Å². The van der Waals surface area contributed by atoms with Gasteiger partial charge in [-0.15, -0.1) is 11.3 Å². The number of carbonyl (C=O) groups excluding carboxylic acids is 1. The summed E-state index contributed by atoms with van der Waals surface area (Å²) in [4.78, 5) is 30.0. The second kappa shape index (κ2) is 8.76. The summed E-state index contributed by atoms with van der Waals surface area (Å²) in [6, 6.07) is 17.0. The van der Waals surface area contributed by atoms with Crippen LogP contribution in [0, 0.1) is 18.3 Å². The van der Waals surface area contributed by atoms with Gasteiger partial charge in [0.15, 0.2) is 5.16 Å². The first-order valence-electron chi connectivity index (χ1n) is 9.45. The van der Waals surface area contributed by atoms with Crippen molar-refractivity contribution < 1.29 is 4.79 Å². The summed E-state index contributed by atoms with van der Waals surface area (Å²) in [6.07, 6.45) is 0. The van der Waals surface area contributed by atoms with Crippen LogP contribution in [0.5, 0.6) is 0 Å². The Morgan fingerprint density at radius 3 is 2.71 bits per heavy atom. The molecule has 2 heterocycles. The summed E-state index contributed by atoms with van der Waals surface area (Å²) < 4.78 is 2.06. The van der Waals surface area contributed by atoms with Crippen molar-refractivity contribution in [2.24, 2.45) is 7.05 Å². The quantitative estimate of drug-likeness (QED) is 0.358. The molecule has 0 aliphatic rings. The van der Waals surface area contributed by atoms with Gasteiger partial charge < -0.3 is 5.32 Å². The molecular weight excluding hydrogens is 428 g/mol. The fourth-order valence-electron chi connectivity index (χ4n) is 3.10. The lowest BCUT2D eigenvalue weighted by molar-refractivity contribution is -0.113. The van der Waals surface area contributed by atoms with Gasteiger partial charge in [0.2, 0.25) is 5.91 Å². The number of carbonyl (C=O) groups is 1. The number of thiophene rings is 1. The molecule has 4 rings (SSSR count). The Morgan fingerprint density at radius 2 is 1.97 bits per heavy atom. The molecule has 1 amide bonds. The minimum Gasteiger partial charge on any atom is -0.324 e. The monoisotopic (exact) mass is 446 g/mol. The number of amides is 1. The van der Waals surface area contributed by atoms with Crippen LogP contribution in [-0.4, -0.2) is 21.2 Å². The highest BCUT2D eigenvalue weighted by atomic mass is 32.2. The van der Waals surface area contributed by atoms with Crippen molar-refractivity contribution in [1.29, 1.82) is 5.26 Å². The SMILES string of the molecule is Cc1ccc(-c2csc3c(=O)n(C)c(SCC(=O)Nc4ccccc4C#N)nc23)cc1. The molecule has 0 atom stereocenters. The zero-order chi connectivity index (χ0) is 22.0. The van der Waals surface area contributed by atoms with E-state index in [9.17, 15) is 9.59 Å². The summed E-state index contributed by atoms with van der Waals surface area (Å²) in [5.41, 5.74) is 4.45. The van der Waals surface area contributed by atoms with Gasteiger partial charge in [-0.25, -0.2) is 4.98 Å². The Bertz CT molecular complexity index is 1380. The van der Waals surface area contributed by atoms with Crippen molar-refractivity contribution in [2.75, 3.05) is 11.1 Å². The molecule has 0 radical (unpaired) electrons. The normalized spacial score (nSPS) is 10.7. The molecular formula is C23H18N4O2S2. The number of aromatic nitrogens is 2. The maximum absolute atomic E-state index is 12.9. The molecule has 31 heavy (non-hydrogen) atoms.